The van der Waals surface area contributed by atoms with Crippen LogP contribution in [0.4, 0.5) is 0 Å². The lowest BCUT2D eigenvalue weighted by Gasteiger charge is -1.99. The van der Waals surface area contributed by atoms with Crippen molar-refractivity contribution in [2.75, 3.05) is 6.54 Å². The van der Waals surface area contributed by atoms with E-state index in [1.807, 2.05) is 17.5 Å². The van der Waals surface area contributed by atoms with Crippen molar-refractivity contribution in [3.05, 3.63) is 38.6 Å². The van der Waals surface area contributed by atoms with Gasteiger partial charge in [-0.15, -0.1) is 11.3 Å². The van der Waals surface area contributed by atoms with Crippen LogP contribution in [0.15, 0.2) is 23.6 Å². The van der Waals surface area contributed by atoms with Crippen LogP contribution < -0.4 is 5.73 Å². The average molecular weight is 287 g/mol. The van der Waals surface area contributed by atoms with Gasteiger partial charge in [0.05, 0.1) is 20.7 Å². The summed E-state index contributed by atoms with van der Waals surface area (Å²) in [5.41, 5.74) is 7.42. The number of hydrogen-bond donors (Lipinski definition) is 1. The molecule has 0 spiro atoms. The van der Waals surface area contributed by atoms with Gasteiger partial charge in [0, 0.05) is 17.4 Å². The van der Waals surface area contributed by atoms with Crippen molar-refractivity contribution >= 4 is 34.5 Å². The molecule has 0 aliphatic carbocycles. The van der Waals surface area contributed by atoms with Crippen molar-refractivity contribution in [1.82, 2.24) is 4.98 Å². The first-order valence-corrected chi connectivity index (χ1v) is 6.94. The maximum absolute atomic E-state index is 5.98. The van der Waals surface area contributed by atoms with Gasteiger partial charge in [0.2, 0.25) is 0 Å². The zero-order chi connectivity index (χ0) is 12.3. The van der Waals surface area contributed by atoms with Crippen LogP contribution in [-0.2, 0) is 6.42 Å². The number of halogens is 2. The molecule has 2 nitrogen and oxygen atoms in total. The first-order chi connectivity index (χ1) is 8.20. The first kappa shape index (κ1) is 12.8. The Morgan fingerprint density at radius 1 is 1.24 bits per heavy atom. The number of thiazole rings is 1. The fraction of sp³-hybridized carbons (Fsp3) is 0.250. The Kier molecular flexibility index (Phi) is 4.40. The third kappa shape index (κ3) is 3.19. The van der Waals surface area contributed by atoms with Crippen LogP contribution in [0.25, 0.3) is 11.3 Å². The van der Waals surface area contributed by atoms with Crippen LogP contribution in [0.5, 0.6) is 0 Å². The summed E-state index contributed by atoms with van der Waals surface area (Å²) in [5, 5.41) is 4.26. The van der Waals surface area contributed by atoms with Crippen LogP contribution in [0.1, 0.15) is 11.4 Å². The molecule has 1 aromatic heterocycles. The molecule has 17 heavy (non-hydrogen) atoms. The molecule has 2 N–H and O–H groups in total. The predicted molar refractivity (Wildman–Crippen MR) is 74.9 cm³/mol. The Morgan fingerprint density at radius 2 is 2.06 bits per heavy atom. The standard InChI is InChI=1S/C12H12Cl2N2S/c13-9-4-3-8(6-10(9)14)11-7-17-12(16-11)2-1-5-15/h3-4,6-7H,1-2,5,15H2. The summed E-state index contributed by atoms with van der Waals surface area (Å²) in [6.45, 7) is 0.696. The molecule has 0 radical (unpaired) electrons. The molecule has 90 valence electrons. The van der Waals surface area contributed by atoms with Gasteiger partial charge < -0.3 is 5.73 Å². The van der Waals surface area contributed by atoms with E-state index in [9.17, 15) is 0 Å². The zero-order valence-corrected chi connectivity index (χ0v) is 11.4. The second-order valence-corrected chi connectivity index (χ2v) is 5.40. The average Bonchev–Trinajstić information content (AvgIpc) is 2.79. The molecule has 0 aliphatic rings. The lowest BCUT2D eigenvalue weighted by Crippen LogP contribution is -1.99. The summed E-state index contributed by atoms with van der Waals surface area (Å²) in [6.07, 6.45) is 1.90. The molecule has 2 aromatic rings. The minimum atomic E-state index is 0.556. The molecule has 0 bridgehead atoms. The van der Waals surface area contributed by atoms with E-state index in [0.717, 1.165) is 29.1 Å². The van der Waals surface area contributed by atoms with Crippen molar-refractivity contribution < 1.29 is 0 Å². The minimum Gasteiger partial charge on any atom is -0.330 e. The van der Waals surface area contributed by atoms with E-state index < -0.39 is 0 Å². The van der Waals surface area contributed by atoms with E-state index in [0.29, 0.717) is 16.6 Å². The molecule has 0 unspecified atom stereocenters. The summed E-state index contributed by atoms with van der Waals surface area (Å²) in [7, 11) is 0. The zero-order valence-electron chi connectivity index (χ0n) is 9.12. The van der Waals surface area contributed by atoms with E-state index in [1.54, 1.807) is 17.4 Å². The van der Waals surface area contributed by atoms with Crippen molar-refractivity contribution in [2.45, 2.75) is 12.8 Å². The normalized spacial score (nSPS) is 10.8. The summed E-state index contributed by atoms with van der Waals surface area (Å²) in [5.74, 6) is 0. The Hall–Kier alpha value is -0.610. The van der Waals surface area contributed by atoms with Crippen LogP contribution in [0, 0.1) is 0 Å². The Labute approximate surface area is 114 Å². The molecule has 1 heterocycles. The van der Waals surface area contributed by atoms with E-state index >= 15 is 0 Å². The monoisotopic (exact) mass is 286 g/mol. The van der Waals surface area contributed by atoms with Crippen molar-refractivity contribution in [3.8, 4) is 11.3 Å². The number of rotatable bonds is 4. The highest BCUT2D eigenvalue weighted by molar-refractivity contribution is 7.09. The predicted octanol–water partition coefficient (Wildman–Crippen LogP) is 4.01. The fourth-order valence-corrected chi connectivity index (χ4v) is 2.61. The van der Waals surface area contributed by atoms with Crippen LogP contribution in [0.2, 0.25) is 10.0 Å². The van der Waals surface area contributed by atoms with E-state index in [1.165, 1.54) is 0 Å². The van der Waals surface area contributed by atoms with Gasteiger partial charge in [-0.3, -0.25) is 0 Å². The molecule has 2 rings (SSSR count). The van der Waals surface area contributed by atoms with Gasteiger partial charge in [0.1, 0.15) is 0 Å². The second kappa shape index (κ2) is 5.83. The van der Waals surface area contributed by atoms with Gasteiger partial charge in [-0.1, -0.05) is 29.3 Å². The summed E-state index contributed by atoms with van der Waals surface area (Å²) in [4.78, 5) is 4.55. The number of benzene rings is 1. The Morgan fingerprint density at radius 3 is 2.76 bits per heavy atom. The second-order valence-electron chi connectivity index (χ2n) is 3.65. The van der Waals surface area contributed by atoms with Gasteiger partial charge in [0.25, 0.3) is 0 Å². The fourth-order valence-electron chi connectivity index (χ4n) is 1.47. The van der Waals surface area contributed by atoms with Gasteiger partial charge in [-0.05, 0) is 25.1 Å². The Balaban J connectivity index is 2.21. The SMILES string of the molecule is NCCCc1nc(-c2ccc(Cl)c(Cl)c2)cs1. The number of hydrogen-bond acceptors (Lipinski definition) is 3. The van der Waals surface area contributed by atoms with Crippen LogP contribution in [0.3, 0.4) is 0 Å². The third-order valence-electron chi connectivity index (χ3n) is 2.36. The largest absolute Gasteiger partial charge is 0.330 e. The topological polar surface area (TPSA) is 38.9 Å². The van der Waals surface area contributed by atoms with Gasteiger partial charge in [0.15, 0.2) is 0 Å². The van der Waals surface area contributed by atoms with Crippen LogP contribution in [-0.4, -0.2) is 11.5 Å². The van der Waals surface area contributed by atoms with Crippen molar-refractivity contribution in [2.24, 2.45) is 5.73 Å². The molecule has 1 aromatic carbocycles. The van der Waals surface area contributed by atoms with Crippen molar-refractivity contribution in [3.63, 3.8) is 0 Å². The van der Waals surface area contributed by atoms with E-state index in [-0.39, 0.29) is 0 Å². The van der Waals surface area contributed by atoms with E-state index in [2.05, 4.69) is 4.98 Å². The van der Waals surface area contributed by atoms with Gasteiger partial charge in [-0.25, -0.2) is 4.98 Å². The van der Waals surface area contributed by atoms with Gasteiger partial charge >= 0.3 is 0 Å². The highest BCUT2D eigenvalue weighted by atomic mass is 35.5. The maximum Gasteiger partial charge on any atom is 0.0933 e. The van der Waals surface area contributed by atoms with Gasteiger partial charge in [-0.2, -0.15) is 0 Å². The maximum atomic E-state index is 5.98. The number of nitrogens with zero attached hydrogens (tertiary/aromatic N) is 1. The molecule has 0 amide bonds. The molecule has 0 aliphatic heterocycles. The van der Waals surface area contributed by atoms with E-state index in [4.69, 9.17) is 28.9 Å². The molecular weight excluding hydrogens is 275 g/mol. The molecule has 0 atom stereocenters. The highest BCUT2D eigenvalue weighted by Gasteiger charge is 2.06. The molecule has 0 saturated carbocycles. The molecule has 5 heteroatoms. The smallest absolute Gasteiger partial charge is 0.0933 e. The molecule has 0 saturated heterocycles. The highest BCUT2D eigenvalue weighted by Crippen LogP contribution is 2.29. The summed E-state index contributed by atoms with van der Waals surface area (Å²) >= 11 is 13.5. The number of aromatic nitrogens is 1. The van der Waals surface area contributed by atoms with Crippen molar-refractivity contribution in [1.29, 1.82) is 0 Å². The first-order valence-electron chi connectivity index (χ1n) is 5.30. The third-order valence-corrected chi connectivity index (χ3v) is 4.01. The molecular formula is C12H12Cl2N2S. The lowest BCUT2D eigenvalue weighted by atomic mass is 10.2. The summed E-state index contributed by atoms with van der Waals surface area (Å²) in [6, 6.07) is 5.56. The lowest BCUT2D eigenvalue weighted by molar-refractivity contribution is 0.827. The number of nitrogens with two attached hydrogens (primary N) is 1. The minimum absolute atomic E-state index is 0.556. The number of aryl methyl sites for hydroxylation is 1. The molecule has 0 fully saturated rings. The Bertz CT molecular complexity index is 511. The van der Waals surface area contributed by atoms with Crippen LogP contribution >= 0.6 is 34.5 Å². The summed E-state index contributed by atoms with van der Waals surface area (Å²) < 4.78 is 0. The quantitative estimate of drug-likeness (QED) is 0.922.